The Morgan fingerprint density at radius 1 is 1.60 bits per heavy atom. The molecular formula is C15H23N3O2. The molecule has 0 spiro atoms. The van der Waals surface area contributed by atoms with Gasteiger partial charge in [-0.3, -0.25) is 14.7 Å². The van der Waals surface area contributed by atoms with Gasteiger partial charge in [-0.25, -0.2) is 0 Å². The zero-order valence-corrected chi connectivity index (χ0v) is 12.3. The second-order valence-electron chi connectivity index (χ2n) is 5.41. The van der Waals surface area contributed by atoms with E-state index in [1.54, 1.807) is 6.20 Å². The number of hydrogen-bond donors (Lipinski definition) is 0. The smallest absolute Gasteiger partial charge is 0.236 e. The number of amides is 1. The molecule has 0 saturated carbocycles. The first-order chi connectivity index (χ1) is 9.65. The van der Waals surface area contributed by atoms with Crippen LogP contribution >= 0.6 is 0 Å². The lowest BCUT2D eigenvalue weighted by molar-refractivity contribution is -0.132. The molecule has 0 radical (unpaired) electrons. The van der Waals surface area contributed by atoms with Gasteiger partial charge in [0.05, 0.1) is 12.6 Å². The summed E-state index contributed by atoms with van der Waals surface area (Å²) >= 11 is 0. The van der Waals surface area contributed by atoms with Crippen LogP contribution < -0.4 is 0 Å². The van der Waals surface area contributed by atoms with Gasteiger partial charge in [0.15, 0.2) is 0 Å². The second-order valence-corrected chi connectivity index (χ2v) is 5.41. The maximum absolute atomic E-state index is 12.3. The lowest BCUT2D eigenvalue weighted by atomic mass is 10.2. The van der Waals surface area contributed by atoms with Crippen LogP contribution in [0.4, 0.5) is 0 Å². The van der Waals surface area contributed by atoms with E-state index in [1.807, 2.05) is 42.1 Å². The highest BCUT2D eigenvalue weighted by Gasteiger charge is 2.20. The van der Waals surface area contributed by atoms with Gasteiger partial charge in [0.1, 0.15) is 0 Å². The van der Waals surface area contributed by atoms with E-state index in [9.17, 15) is 4.79 Å². The maximum atomic E-state index is 12.3. The summed E-state index contributed by atoms with van der Waals surface area (Å²) in [6.45, 7) is 5.42. The molecule has 0 N–H and O–H groups in total. The van der Waals surface area contributed by atoms with Crippen molar-refractivity contribution in [2.45, 2.75) is 26.0 Å². The van der Waals surface area contributed by atoms with Gasteiger partial charge >= 0.3 is 0 Å². The minimum absolute atomic E-state index is 0.130. The van der Waals surface area contributed by atoms with Crippen molar-refractivity contribution in [2.75, 3.05) is 33.3 Å². The Bertz CT molecular complexity index is 424. The highest BCUT2D eigenvalue weighted by atomic mass is 16.5. The first-order valence-corrected chi connectivity index (χ1v) is 7.12. The SMILES string of the molecule is C[C@H]1CN(C(=O)CN(C)Cc2cccnc2)CCCO1. The minimum Gasteiger partial charge on any atom is -0.377 e. The predicted molar refractivity (Wildman–Crippen MR) is 77.2 cm³/mol. The van der Waals surface area contributed by atoms with E-state index in [4.69, 9.17) is 4.74 Å². The molecule has 110 valence electrons. The monoisotopic (exact) mass is 277 g/mol. The Kier molecular flexibility index (Phi) is 5.49. The topological polar surface area (TPSA) is 45.7 Å². The van der Waals surface area contributed by atoms with Crippen molar-refractivity contribution in [1.82, 2.24) is 14.8 Å². The molecule has 5 nitrogen and oxygen atoms in total. The summed E-state index contributed by atoms with van der Waals surface area (Å²) in [5, 5.41) is 0. The zero-order valence-electron chi connectivity index (χ0n) is 12.3. The number of hydrogen-bond acceptors (Lipinski definition) is 4. The molecule has 1 aliphatic rings. The normalized spacial score (nSPS) is 19.9. The Morgan fingerprint density at radius 3 is 3.20 bits per heavy atom. The third-order valence-electron chi connectivity index (χ3n) is 3.39. The quantitative estimate of drug-likeness (QED) is 0.828. The Morgan fingerprint density at radius 2 is 2.45 bits per heavy atom. The largest absolute Gasteiger partial charge is 0.377 e. The number of likely N-dealkylation sites (N-methyl/N-ethyl adjacent to an activating group) is 1. The summed E-state index contributed by atoms with van der Waals surface area (Å²) in [6.07, 6.45) is 4.64. The van der Waals surface area contributed by atoms with Crippen molar-refractivity contribution in [3.8, 4) is 0 Å². The van der Waals surface area contributed by atoms with E-state index in [0.29, 0.717) is 13.1 Å². The molecular weight excluding hydrogens is 254 g/mol. The van der Waals surface area contributed by atoms with Crippen LogP contribution in [0, 0.1) is 0 Å². The summed E-state index contributed by atoms with van der Waals surface area (Å²) in [6, 6.07) is 3.94. The number of aromatic nitrogens is 1. The standard InChI is InChI=1S/C15H23N3O2/c1-13-10-18(7-4-8-20-13)15(19)12-17(2)11-14-5-3-6-16-9-14/h3,5-6,9,13H,4,7-8,10-12H2,1-2H3/t13-/m0/s1. The summed E-state index contributed by atoms with van der Waals surface area (Å²) in [5.74, 6) is 0.175. The van der Waals surface area contributed by atoms with Crippen molar-refractivity contribution in [2.24, 2.45) is 0 Å². The molecule has 0 bridgehead atoms. The van der Waals surface area contributed by atoms with Crippen molar-refractivity contribution in [3.63, 3.8) is 0 Å². The Hall–Kier alpha value is -1.46. The Balaban J connectivity index is 1.83. The summed E-state index contributed by atoms with van der Waals surface area (Å²) < 4.78 is 5.57. The van der Waals surface area contributed by atoms with Gasteiger partial charge in [-0.2, -0.15) is 0 Å². The van der Waals surface area contributed by atoms with Gasteiger partial charge in [-0.15, -0.1) is 0 Å². The van der Waals surface area contributed by atoms with Crippen LogP contribution in [-0.4, -0.2) is 60.1 Å². The Labute approximate surface area is 120 Å². The maximum Gasteiger partial charge on any atom is 0.236 e. The molecule has 1 aromatic heterocycles. The first kappa shape index (κ1) is 14.9. The molecule has 1 saturated heterocycles. The van der Waals surface area contributed by atoms with Crippen molar-refractivity contribution >= 4 is 5.91 Å². The lowest BCUT2D eigenvalue weighted by Crippen LogP contribution is -2.41. The van der Waals surface area contributed by atoms with Crippen LogP contribution in [-0.2, 0) is 16.1 Å². The van der Waals surface area contributed by atoms with Crippen LogP contribution in [0.1, 0.15) is 18.9 Å². The van der Waals surface area contributed by atoms with Gasteiger partial charge in [0.25, 0.3) is 0 Å². The molecule has 1 fully saturated rings. The zero-order chi connectivity index (χ0) is 14.4. The number of nitrogens with zero attached hydrogens (tertiary/aromatic N) is 3. The average molecular weight is 277 g/mol. The number of ether oxygens (including phenoxy) is 1. The fraction of sp³-hybridized carbons (Fsp3) is 0.600. The van der Waals surface area contributed by atoms with E-state index in [1.165, 1.54) is 0 Å². The molecule has 0 aromatic carbocycles. The molecule has 0 unspecified atom stereocenters. The predicted octanol–water partition coefficient (Wildman–Crippen LogP) is 1.15. The highest BCUT2D eigenvalue weighted by molar-refractivity contribution is 5.78. The second kappa shape index (κ2) is 7.36. The van der Waals surface area contributed by atoms with Crippen LogP contribution in [0.15, 0.2) is 24.5 Å². The third-order valence-corrected chi connectivity index (χ3v) is 3.39. The van der Waals surface area contributed by atoms with E-state index in [-0.39, 0.29) is 12.0 Å². The van der Waals surface area contributed by atoms with Crippen molar-refractivity contribution in [3.05, 3.63) is 30.1 Å². The highest BCUT2D eigenvalue weighted by Crippen LogP contribution is 2.07. The number of carbonyl (C=O) groups excluding carboxylic acids is 1. The molecule has 2 heterocycles. The summed E-state index contributed by atoms with van der Waals surface area (Å²) in [4.78, 5) is 20.3. The molecule has 1 aromatic rings. The van der Waals surface area contributed by atoms with Crippen molar-refractivity contribution < 1.29 is 9.53 Å². The molecule has 1 aliphatic heterocycles. The van der Waals surface area contributed by atoms with Crippen LogP contribution in [0.2, 0.25) is 0 Å². The van der Waals surface area contributed by atoms with Gasteiger partial charge < -0.3 is 9.64 Å². The van der Waals surface area contributed by atoms with Gasteiger partial charge in [-0.1, -0.05) is 6.07 Å². The number of rotatable bonds is 4. The first-order valence-electron chi connectivity index (χ1n) is 7.12. The van der Waals surface area contributed by atoms with E-state index in [0.717, 1.165) is 31.7 Å². The fourth-order valence-electron chi connectivity index (χ4n) is 2.41. The van der Waals surface area contributed by atoms with Crippen LogP contribution in [0.3, 0.4) is 0 Å². The summed E-state index contributed by atoms with van der Waals surface area (Å²) in [7, 11) is 1.96. The van der Waals surface area contributed by atoms with E-state index >= 15 is 0 Å². The van der Waals surface area contributed by atoms with E-state index < -0.39 is 0 Å². The fourth-order valence-corrected chi connectivity index (χ4v) is 2.41. The molecule has 0 aliphatic carbocycles. The van der Waals surface area contributed by atoms with Gasteiger partial charge in [0, 0.05) is 38.6 Å². The molecule has 1 amide bonds. The molecule has 5 heteroatoms. The lowest BCUT2D eigenvalue weighted by Gasteiger charge is -2.25. The van der Waals surface area contributed by atoms with Crippen LogP contribution in [0.25, 0.3) is 0 Å². The molecule has 2 rings (SSSR count). The van der Waals surface area contributed by atoms with Crippen LogP contribution in [0.5, 0.6) is 0 Å². The van der Waals surface area contributed by atoms with Crippen molar-refractivity contribution in [1.29, 1.82) is 0 Å². The van der Waals surface area contributed by atoms with E-state index in [2.05, 4.69) is 4.98 Å². The third kappa shape index (κ3) is 4.58. The molecule has 1 atom stereocenters. The van der Waals surface area contributed by atoms with Gasteiger partial charge in [-0.05, 0) is 32.0 Å². The number of pyridine rings is 1. The average Bonchev–Trinajstić information content (AvgIpc) is 2.64. The number of carbonyl (C=O) groups is 1. The minimum atomic E-state index is 0.130. The summed E-state index contributed by atoms with van der Waals surface area (Å²) in [5.41, 5.74) is 1.12. The van der Waals surface area contributed by atoms with Gasteiger partial charge in [0.2, 0.25) is 5.91 Å². The molecule has 20 heavy (non-hydrogen) atoms.